The van der Waals surface area contributed by atoms with E-state index >= 15 is 0 Å². The maximum Gasteiger partial charge on any atom is 0.237 e. The first-order valence-corrected chi connectivity index (χ1v) is 7.36. The quantitative estimate of drug-likeness (QED) is 0.863. The van der Waals surface area contributed by atoms with E-state index in [9.17, 15) is 4.79 Å². The van der Waals surface area contributed by atoms with E-state index in [4.69, 9.17) is 0 Å². The van der Waals surface area contributed by atoms with Gasteiger partial charge in [0.25, 0.3) is 0 Å². The van der Waals surface area contributed by atoms with Crippen molar-refractivity contribution in [2.45, 2.75) is 25.4 Å². The maximum absolute atomic E-state index is 12.1. The second-order valence-corrected chi connectivity index (χ2v) is 6.03. The largest absolute Gasteiger partial charge is 0.350 e. The maximum atomic E-state index is 12.1. The molecule has 1 saturated heterocycles. The lowest BCUT2D eigenvalue weighted by molar-refractivity contribution is -0.125. The normalized spacial score (nSPS) is 19.4. The molecule has 0 aromatic carbocycles. The number of likely N-dealkylation sites (N-methyl/N-ethyl adjacent to an activating group) is 1. The number of amides is 1. The molecule has 0 saturated carbocycles. The lowest BCUT2D eigenvalue weighted by atomic mass is 10.2. The highest BCUT2D eigenvalue weighted by molar-refractivity contribution is 7.15. The summed E-state index contributed by atoms with van der Waals surface area (Å²) in [5, 5.41) is 16.8. The molecule has 20 heavy (non-hydrogen) atoms. The number of carbonyl (C=O) groups is 1. The van der Waals surface area contributed by atoms with Gasteiger partial charge in [-0.1, -0.05) is 0 Å². The molecule has 8 heteroatoms. The fraction of sp³-hybridized carbons (Fsp3) is 0.500. The van der Waals surface area contributed by atoms with Crippen LogP contribution in [0.4, 0.5) is 0 Å². The summed E-state index contributed by atoms with van der Waals surface area (Å²) < 4.78 is 0. The highest BCUT2D eigenvalue weighted by Gasteiger charge is 2.27. The molecule has 3 heterocycles. The molecule has 0 bridgehead atoms. The number of H-pyrrole nitrogens is 1. The summed E-state index contributed by atoms with van der Waals surface area (Å²) in [4.78, 5) is 16.2. The van der Waals surface area contributed by atoms with Gasteiger partial charge in [0.05, 0.1) is 17.5 Å². The number of hydrogen-bond acceptors (Lipinski definition) is 6. The van der Waals surface area contributed by atoms with Gasteiger partial charge in [0, 0.05) is 4.88 Å². The molecule has 2 N–H and O–H groups in total. The van der Waals surface area contributed by atoms with E-state index in [1.807, 2.05) is 19.2 Å². The zero-order valence-corrected chi connectivity index (χ0v) is 12.0. The van der Waals surface area contributed by atoms with Crippen LogP contribution in [0.25, 0.3) is 10.7 Å². The molecule has 1 aliphatic heterocycles. The molecule has 7 nitrogen and oxygen atoms in total. The van der Waals surface area contributed by atoms with Crippen LogP contribution in [-0.4, -0.2) is 51.1 Å². The molecule has 1 amide bonds. The van der Waals surface area contributed by atoms with E-state index in [1.54, 1.807) is 11.3 Å². The lowest BCUT2D eigenvalue weighted by Gasteiger charge is -2.18. The van der Waals surface area contributed by atoms with Gasteiger partial charge in [-0.25, -0.2) is 0 Å². The van der Waals surface area contributed by atoms with E-state index in [0.717, 1.165) is 29.1 Å². The first-order valence-electron chi connectivity index (χ1n) is 6.54. The summed E-state index contributed by atoms with van der Waals surface area (Å²) in [7, 11) is 2.00. The molecule has 106 valence electrons. The average Bonchev–Trinajstić information content (AvgIpc) is 3.16. The van der Waals surface area contributed by atoms with Gasteiger partial charge < -0.3 is 5.32 Å². The SMILES string of the molecule is CN1CCC[C@@H]1C(=O)NCc1ccc(-c2nn[nH]n2)s1. The number of aromatic nitrogens is 4. The minimum atomic E-state index is 0.0200. The Labute approximate surface area is 120 Å². The lowest BCUT2D eigenvalue weighted by Crippen LogP contribution is -2.40. The standard InChI is InChI=1S/C12H16N6OS/c1-18-6-2-3-9(18)12(19)13-7-8-4-5-10(20-8)11-14-16-17-15-11/h4-5,9H,2-3,6-7H2,1H3,(H,13,19)(H,14,15,16,17)/t9-/m1/s1. The van der Waals surface area contributed by atoms with E-state index in [-0.39, 0.29) is 11.9 Å². The van der Waals surface area contributed by atoms with E-state index in [0.29, 0.717) is 12.4 Å². The minimum absolute atomic E-state index is 0.0200. The van der Waals surface area contributed by atoms with Crippen molar-refractivity contribution in [3.05, 3.63) is 17.0 Å². The summed E-state index contributed by atoms with van der Waals surface area (Å²) in [5.41, 5.74) is 0. The molecule has 0 radical (unpaired) electrons. The predicted octanol–water partition coefficient (Wildman–Crippen LogP) is 0.639. The third-order valence-corrected chi connectivity index (χ3v) is 4.57. The number of nitrogens with zero attached hydrogens (tertiary/aromatic N) is 4. The zero-order chi connectivity index (χ0) is 13.9. The summed E-state index contributed by atoms with van der Waals surface area (Å²) in [6.45, 7) is 1.55. The number of thiophene rings is 1. The van der Waals surface area contributed by atoms with Gasteiger partial charge in [0.2, 0.25) is 11.7 Å². The van der Waals surface area contributed by atoms with E-state index in [2.05, 4.69) is 30.8 Å². The Morgan fingerprint density at radius 1 is 1.60 bits per heavy atom. The highest BCUT2D eigenvalue weighted by atomic mass is 32.1. The number of rotatable bonds is 4. The van der Waals surface area contributed by atoms with Crippen LogP contribution in [0, 0.1) is 0 Å². The van der Waals surface area contributed by atoms with E-state index < -0.39 is 0 Å². The Morgan fingerprint density at radius 2 is 2.50 bits per heavy atom. The Hall–Kier alpha value is -1.80. The van der Waals surface area contributed by atoms with Crippen molar-refractivity contribution >= 4 is 17.2 Å². The fourth-order valence-corrected chi connectivity index (χ4v) is 3.27. The van der Waals surface area contributed by atoms with Crippen LogP contribution >= 0.6 is 11.3 Å². The number of carbonyl (C=O) groups excluding carboxylic acids is 1. The van der Waals surface area contributed by atoms with Crippen molar-refractivity contribution in [2.75, 3.05) is 13.6 Å². The Bertz CT molecular complexity index is 581. The molecule has 0 aliphatic carbocycles. The summed E-state index contributed by atoms with van der Waals surface area (Å²) in [6.07, 6.45) is 2.04. The fourth-order valence-electron chi connectivity index (χ4n) is 2.39. The van der Waals surface area contributed by atoms with Crippen molar-refractivity contribution in [1.29, 1.82) is 0 Å². The molecule has 0 unspecified atom stereocenters. The molecule has 2 aromatic rings. The molecule has 1 aliphatic rings. The van der Waals surface area contributed by atoms with Crippen LogP contribution in [0.1, 0.15) is 17.7 Å². The van der Waals surface area contributed by atoms with Crippen molar-refractivity contribution in [3.8, 4) is 10.7 Å². The Kier molecular flexibility index (Phi) is 3.75. The van der Waals surface area contributed by atoms with Crippen LogP contribution in [-0.2, 0) is 11.3 Å². The van der Waals surface area contributed by atoms with Crippen molar-refractivity contribution < 1.29 is 4.79 Å². The summed E-state index contributed by atoms with van der Waals surface area (Å²) in [5.74, 6) is 0.697. The molecule has 3 rings (SSSR count). The molecule has 1 fully saturated rings. The Morgan fingerprint density at radius 3 is 3.20 bits per heavy atom. The number of likely N-dealkylation sites (tertiary alicyclic amines) is 1. The van der Waals surface area contributed by atoms with Crippen LogP contribution in [0.15, 0.2) is 12.1 Å². The van der Waals surface area contributed by atoms with Gasteiger partial charge in [0.1, 0.15) is 0 Å². The van der Waals surface area contributed by atoms with Crippen LogP contribution < -0.4 is 5.32 Å². The zero-order valence-electron chi connectivity index (χ0n) is 11.2. The number of tetrazole rings is 1. The number of hydrogen-bond donors (Lipinski definition) is 2. The van der Waals surface area contributed by atoms with Crippen LogP contribution in [0.3, 0.4) is 0 Å². The van der Waals surface area contributed by atoms with Gasteiger partial charge >= 0.3 is 0 Å². The monoisotopic (exact) mass is 292 g/mol. The van der Waals surface area contributed by atoms with Gasteiger partial charge in [-0.2, -0.15) is 5.21 Å². The average molecular weight is 292 g/mol. The Balaban J connectivity index is 1.57. The first-order chi connectivity index (χ1) is 9.74. The van der Waals surface area contributed by atoms with Crippen LogP contribution in [0.5, 0.6) is 0 Å². The highest BCUT2D eigenvalue weighted by Crippen LogP contribution is 2.24. The number of aromatic amines is 1. The van der Waals surface area contributed by atoms with Crippen molar-refractivity contribution in [3.63, 3.8) is 0 Å². The minimum Gasteiger partial charge on any atom is -0.350 e. The third kappa shape index (κ3) is 2.70. The topological polar surface area (TPSA) is 86.8 Å². The van der Waals surface area contributed by atoms with Gasteiger partial charge in [-0.05, 0) is 43.8 Å². The van der Waals surface area contributed by atoms with Gasteiger partial charge in [0.15, 0.2) is 0 Å². The second kappa shape index (κ2) is 5.68. The molecular formula is C12H16N6OS. The molecule has 1 atom stereocenters. The predicted molar refractivity (Wildman–Crippen MR) is 75.0 cm³/mol. The molecular weight excluding hydrogens is 276 g/mol. The molecule has 2 aromatic heterocycles. The smallest absolute Gasteiger partial charge is 0.237 e. The van der Waals surface area contributed by atoms with Crippen molar-refractivity contribution in [1.82, 2.24) is 30.8 Å². The van der Waals surface area contributed by atoms with Crippen molar-refractivity contribution in [2.24, 2.45) is 0 Å². The van der Waals surface area contributed by atoms with Crippen LogP contribution in [0.2, 0.25) is 0 Å². The second-order valence-electron chi connectivity index (χ2n) is 4.86. The summed E-state index contributed by atoms with van der Waals surface area (Å²) >= 11 is 1.56. The third-order valence-electron chi connectivity index (χ3n) is 3.49. The number of nitrogens with one attached hydrogen (secondary N) is 2. The van der Waals surface area contributed by atoms with Gasteiger partial charge in [-0.15, -0.1) is 21.5 Å². The van der Waals surface area contributed by atoms with Gasteiger partial charge in [-0.3, -0.25) is 9.69 Å². The summed E-state index contributed by atoms with van der Waals surface area (Å²) in [6, 6.07) is 3.94. The molecule has 0 spiro atoms. The first kappa shape index (κ1) is 13.2. The van der Waals surface area contributed by atoms with E-state index in [1.165, 1.54) is 0 Å².